The zero-order chi connectivity index (χ0) is 12.5. The van der Waals surface area contributed by atoms with Crippen LogP contribution in [0.25, 0.3) is 0 Å². The van der Waals surface area contributed by atoms with Gasteiger partial charge >= 0.3 is 0 Å². The lowest BCUT2D eigenvalue weighted by Gasteiger charge is -2.22. The van der Waals surface area contributed by atoms with Crippen LogP contribution in [0.2, 0.25) is 0 Å². The summed E-state index contributed by atoms with van der Waals surface area (Å²) in [5, 5.41) is 0. The summed E-state index contributed by atoms with van der Waals surface area (Å²) in [4.78, 5) is 23.1. The van der Waals surface area contributed by atoms with Crippen LogP contribution in [-0.2, 0) is 9.59 Å². The molecule has 2 nitrogen and oxygen atoms in total. The summed E-state index contributed by atoms with van der Waals surface area (Å²) in [6.07, 6.45) is 4.98. The third kappa shape index (κ3) is 2.55. The van der Waals surface area contributed by atoms with E-state index in [4.69, 9.17) is 0 Å². The largest absolute Gasteiger partial charge is 0.300 e. The van der Waals surface area contributed by atoms with Crippen molar-refractivity contribution in [3.8, 4) is 0 Å². The number of rotatable bonds is 2. The Hall–Kier alpha value is -0.220. The van der Waals surface area contributed by atoms with E-state index < -0.39 is 0 Å². The molecule has 0 aromatic heterocycles. The second kappa shape index (κ2) is 5.41. The van der Waals surface area contributed by atoms with Gasteiger partial charge in [-0.15, -0.1) is 23.5 Å². The average molecular weight is 282 g/mol. The molecule has 0 N–H and O–H groups in total. The lowest BCUT2D eigenvalue weighted by atomic mass is 9.87. The van der Waals surface area contributed by atoms with Crippen molar-refractivity contribution in [3.05, 3.63) is 9.81 Å². The van der Waals surface area contributed by atoms with E-state index in [1.54, 1.807) is 0 Å². The lowest BCUT2D eigenvalue weighted by Crippen LogP contribution is -2.11. The van der Waals surface area contributed by atoms with Crippen molar-refractivity contribution in [3.63, 3.8) is 0 Å². The van der Waals surface area contributed by atoms with Crippen LogP contribution in [0.15, 0.2) is 9.81 Å². The van der Waals surface area contributed by atoms with E-state index in [9.17, 15) is 9.59 Å². The lowest BCUT2D eigenvalue weighted by molar-refractivity contribution is -0.118. The molecule has 18 heavy (non-hydrogen) atoms. The topological polar surface area (TPSA) is 34.1 Å². The van der Waals surface area contributed by atoms with Gasteiger partial charge in [0.15, 0.2) is 0 Å². The van der Waals surface area contributed by atoms with Crippen LogP contribution < -0.4 is 0 Å². The molecular weight excluding hydrogens is 264 g/mol. The predicted molar refractivity (Wildman–Crippen MR) is 76.6 cm³/mol. The Morgan fingerprint density at radius 2 is 1.39 bits per heavy atom. The summed E-state index contributed by atoms with van der Waals surface area (Å²) in [7, 11) is 0. The molecule has 0 aromatic carbocycles. The summed E-state index contributed by atoms with van der Waals surface area (Å²) in [6.45, 7) is 0. The third-order valence-electron chi connectivity index (χ3n) is 4.16. The van der Waals surface area contributed by atoms with Crippen molar-refractivity contribution in [2.75, 3.05) is 11.5 Å². The van der Waals surface area contributed by atoms with E-state index in [0.717, 1.165) is 38.5 Å². The van der Waals surface area contributed by atoms with Gasteiger partial charge in [-0.05, 0) is 30.3 Å². The molecule has 0 bridgehead atoms. The van der Waals surface area contributed by atoms with Crippen LogP contribution in [0.5, 0.6) is 0 Å². The van der Waals surface area contributed by atoms with Gasteiger partial charge in [-0.1, -0.05) is 0 Å². The van der Waals surface area contributed by atoms with E-state index in [1.807, 2.05) is 23.5 Å². The monoisotopic (exact) mass is 282 g/mol. The molecule has 0 spiro atoms. The summed E-state index contributed by atoms with van der Waals surface area (Å²) in [6, 6.07) is 0. The molecule has 2 atom stereocenters. The van der Waals surface area contributed by atoms with Gasteiger partial charge < -0.3 is 0 Å². The van der Waals surface area contributed by atoms with Gasteiger partial charge in [-0.25, -0.2) is 0 Å². The van der Waals surface area contributed by atoms with Crippen LogP contribution in [0.4, 0.5) is 0 Å². The van der Waals surface area contributed by atoms with E-state index in [0.29, 0.717) is 23.4 Å². The van der Waals surface area contributed by atoms with Crippen LogP contribution in [0.3, 0.4) is 0 Å². The maximum Gasteiger partial charge on any atom is 0.133 e. The van der Waals surface area contributed by atoms with Gasteiger partial charge in [0, 0.05) is 41.4 Å². The van der Waals surface area contributed by atoms with Crippen molar-refractivity contribution in [2.45, 2.75) is 38.5 Å². The van der Waals surface area contributed by atoms with E-state index in [-0.39, 0.29) is 0 Å². The second-order valence-electron chi connectivity index (χ2n) is 5.40. The summed E-state index contributed by atoms with van der Waals surface area (Å²) in [5.74, 6) is 4.09. The molecule has 3 aliphatic rings. The molecule has 0 radical (unpaired) electrons. The van der Waals surface area contributed by atoms with E-state index >= 15 is 0 Å². The number of allylic oxidation sites excluding steroid dienone is 1. The second-order valence-corrected chi connectivity index (χ2v) is 7.87. The first-order valence-electron chi connectivity index (χ1n) is 6.77. The van der Waals surface area contributed by atoms with Gasteiger partial charge in [0.2, 0.25) is 0 Å². The SMILES string of the molecule is O=C1CCC(C(=C2SCCS2)C2CCC(=O)C2)C1. The van der Waals surface area contributed by atoms with Gasteiger partial charge in [0.1, 0.15) is 11.6 Å². The maximum absolute atomic E-state index is 11.5. The van der Waals surface area contributed by atoms with Crippen LogP contribution in [-0.4, -0.2) is 23.1 Å². The highest BCUT2D eigenvalue weighted by Gasteiger charge is 2.36. The first kappa shape index (κ1) is 12.8. The van der Waals surface area contributed by atoms with Gasteiger partial charge in [-0.3, -0.25) is 9.59 Å². The molecule has 98 valence electrons. The Morgan fingerprint density at radius 1 is 0.889 bits per heavy atom. The number of hydrogen-bond donors (Lipinski definition) is 0. The Balaban J connectivity index is 1.86. The van der Waals surface area contributed by atoms with E-state index in [2.05, 4.69) is 0 Å². The molecular formula is C14H18O2S2. The van der Waals surface area contributed by atoms with E-state index in [1.165, 1.54) is 21.3 Å². The quantitative estimate of drug-likeness (QED) is 0.777. The fraction of sp³-hybridized carbons (Fsp3) is 0.714. The van der Waals surface area contributed by atoms with Gasteiger partial charge in [0.05, 0.1) is 0 Å². The number of Topliss-reactive ketones (excluding diaryl/α,β-unsaturated/α-hetero) is 2. The maximum atomic E-state index is 11.5. The molecule has 1 heterocycles. The molecule has 0 amide bonds. The zero-order valence-corrected chi connectivity index (χ0v) is 12.1. The first-order valence-corrected chi connectivity index (χ1v) is 8.74. The number of thioether (sulfide) groups is 2. The fourth-order valence-electron chi connectivity index (χ4n) is 3.30. The molecule has 0 aromatic rings. The number of ketones is 2. The van der Waals surface area contributed by atoms with Crippen LogP contribution in [0, 0.1) is 11.8 Å². The highest BCUT2D eigenvalue weighted by molar-refractivity contribution is 8.25. The summed E-state index contributed by atoms with van der Waals surface area (Å²) < 4.78 is 1.45. The van der Waals surface area contributed by atoms with Crippen molar-refractivity contribution < 1.29 is 9.59 Å². The minimum absolute atomic E-state index is 0.412. The molecule has 2 unspecified atom stereocenters. The Morgan fingerprint density at radius 3 is 1.78 bits per heavy atom. The summed E-state index contributed by atoms with van der Waals surface area (Å²) >= 11 is 3.89. The summed E-state index contributed by atoms with van der Waals surface area (Å²) in [5.41, 5.74) is 1.49. The van der Waals surface area contributed by atoms with Crippen molar-refractivity contribution >= 4 is 35.1 Å². The van der Waals surface area contributed by atoms with Crippen molar-refractivity contribution in [1.82, 2.24) is 0 Å². The average Bonchev–Trinajstić information content (AvgIpc) is 3.04. The van der Waals surface area contributed by atoms with Gasteiger partial charge in [-0.2, -0.15) is 0 Å². The molecule has 1 aliphatic heterocycles. The number of carbonyl (C=O) groups excluding carboxylic acids is 2. The first-order chi connectivity index (χ1) is 8.74. The predicted octanol–water partition coefficient (Wildman–Crippen LogP) is 3.42. The molecule has 1 saturated heterocycles. The zero-order valence-electron chi connectivity index (χ0n) is 10.4. The van der Waals surface area contributed by atoms with Gasteiger partial charge in [0.25, 0.3) is 0 Å². The standard InChI is InChI=1S/C14H18O2S2/c15-11-3-1-9(7-11)13(14-17-5-6-18-14)10-2-4-12(16)8-10/h9-10H,1-8H2. The minimum atomic E-state index is 0.412. The Kier molecular flexibility index (Phi) is 3.85. The van der Waals surface area contributed by atoms with Crippen molar-refractivity contribution in [1.29, 1.82) is 0 Å². The molecule has 3 fully saturated rings. The highest BCUT2D eigenvalue weighted by Crippen LogP contribution is 2.49. The fourth-order valence-corrected chi connectivity index (χ4v) is 6.17. The third-order valence-corrected chi connectivity index (χ3v) is 6.93. The Labute approximate surface area is 116 Å². The molecule has 4 heteroatoms. The highest BCUT2D eigenvalue weighted by atomic mass is 32.2. The molecule has 3 rings (SSSR count). The number of carbonyl (C=O) groups is 2. The number of hydrogen-bond acceptors (Lipinski definition) is 4. The normalized spacial score (nSPS) is 32.6. The smallest absolute Gasteiger partial charge is 0.133 e. The van der Waals surface area contributed by atoms with Crippen molar-refractivity contribution in [2.24, 2.45) is 11.8 Å². The van der Waals surface area contributed by atoms with Crippen LogP contribution in [0.1, 0.15) is 38.5 Å². The minimum Gasteiger partial charge on any atom is -0.300 e. The molecule has 2 saturated carbocycles. The Bertz CT molecular complexity index is 378. The van der Waals surface area contributed by atoms with Crippen LogP contribution >= 0.6 is 23.5 Å². The molecule has 2 aliphatic carbocycles.